The average molecular weight is 283 g/mol. The number of amides is 1. The minimum atomic E-state index is -0.452. The molecule has 0 aromatic carbocycles. The van der Waals surface area contributed by atoms with E-state index in [-0.39, 0.29) is 12.2 Å². The molecule has 0 aromatic rings. The molecule has 2 fully saturated rings. The summed E-state index contributed by atoms with van der Waals surface area (Å²) >= 11 is 0. The van der Waals surface area contributed by atoms with E-state index < -0.39 is 5.60 Å². The van der Waals surface area contributed by atoms with Crippen molar-refractivity contribution in [2.24, 2.45) is 5.92 Å². The van der Waals surface area contributed by atoms with E-state index >= 15 is 0 Å². The summed E-state index contributed by atoms with van der Waals surface area (Å²) in [4.78, 5) is 25.2. The third kappa shape index (κ3) is 4.20. The van der Waals surface area contributed by atoms with Crippen molar-refractivity contribution < 1.29 is 19.1 Å². The molecule has 2 heterocycles. The predicted octanol–water partition coefficient (Wildman–Crippen LogP) is 2.38. The molecule has 2 aliphatic rings. The molecule has 0 aliphatic carbocycles. The smallest absolute Gasteiger partial charge is 0.410 e. The molecule has 2 rings (SSSR count). The van der Waals surface area contributed by atoms with Crippen LogP contribution in [-0.2, 0) is 14.3 Å². The number of carbonyl (C=O) groups is 2. The third-order valence-electron chi connectivity index (χ3n) is 3.86. The van der Waals surface area contributed by atoms with Crippen molar-refractivity contribution >= 4 is 11.9 Å². The molecule has 114 valence electrons. The van der Waals surface area contributed by atoms with E-state index in [4.69, 9.17) is 9.47 Å². The van der Waals surface area contributed by atoms with E-state index in [1.165, 1.54) is 0 Å². The number of hydrogen-bond acceptors (Lipinski definition) is 4. The summed E-state index contributed by atoms with van der Waals surface area (Å²) in [7, 11) is 0. The number of likely N-dealkylation sites (tertiary alicyclic amines) is 1. The summed E-state index contributed by atoms with van der Waals surface area (Å²) in [6.45, 7) is 7.55. The highest BCUT2D eigenvalue weighted by molar-refractivity contribution is 5.79. The van der Waals surface area contributed by atoms with E-state index in [2.05, 4.69) is 0 Å². The zero-order valence-corrected chi connectivity index (χ0v) is 12.7. The fraction of sp³-hybridized carbons (Fsp3) is 0.867. The highest BCUT2D eigenvalue weighted by Gasteiger charge is 2.33. The maximum absolute atomic E-state index is 12.0. The van der Waals surface area contributed by atoms with Crippen LogP contribution in [0.2, 0.25) is 0 Å². The first-order valence-corrected chi connectivity index (χ1v) is 7.46. The van der Waals surface area contributed by atoms with Gasteiger partial charge in [-0.3, -0.25) is 4.79 Å². The second-order valence-corrected chi connectivity index (χ2v) is 6.71. The normalized spacial score (nSPS) is 25.6. The van der Waals surface area contributed by atoms with Gasteiger partial charge in [0.05, 0.1) is 12.7 Å². The molecule has 0 saturated carbocycles. The third-order valence-corrected chi connectivity index (χ3v) is 3.86. The lowest BCUT2D eigenvalue weighted by Gasteiger charge is -2.37. The molecule has 0 aromatic heterocycles. The molecule has 20 heavy (non-hydrogen) atoms. The zero-order valence-electron chi connectivity index (χ0n) is 12.7. The molecule has 0 radical (unpaired) electrons. The van der Waals surface area contributed by atoms with Crippen LogP contribution in [0.1, 0.15) is 46.5 Å². The maximum Gasteiger partial charge on any atom is 0.410 e. The summed E-state index contributed by atoms with van der Waals surface area (Å²) < 4.78 is 11.1. The number of hydrogen-bond donors (Lipinski definition) is 0. The molecule has 2 aliphatic heterocycles. The molecule has 0 bridgehead atoms. The summed E-state index contributed by atoms with van der Waals surface area (Å²) in [5.74, 6) is 0.689. The first kappa shape index (κ1) is 15.3. The van der Waals surface area contributed by atoms with Crippen molar-refractivity contribution in [1.82, 2.24) is 4.90 Å². The van der Waals surface area contributed by atoms with Gasteiger partial charge in [0.25, 0.3) is 0 Å². The van der Waals surface area contributed by atoms with Crippen LogP contribution in [0.15, 0.2) is 0 Å². The second kappa shape index (κ2) is 6.12. The van der Waals surface area contributed by atoms with Crippen LogP contribution >= 0.6 is 0 Å². The van der Waals surface area contributed by atoms with Gasteiger partial charge in [0, 0.05) is 25.9 Å². The van der Waals surface area contributed by atoms with Gasteiger partial charge >= 0.3 is 6.09 Å². The Labute approximate surface area is 120 Å². The van der Waals surface area contributed by atoms with Crippen LogP contribution in [-0.4, -0.2) is 48.2 Å². The lowest BCUT2D eigenvalue weighted by Crippen LogP contribution is -2.45. The lowest BCUT2D eigenvalue weighted by molar-refractivity contribution is -0.132. The number of Topliss-reactive ketones (excluding diaryl/α,β-unsaturated/α-hetero) is 1. The van der Waals surface area contributed by atoms with Gasteiger partial charge in [-0.25, -0.2) is 4.79 Å². The largest absolute Gasteiger partial charge is 0.444 e. The van der Waals surface area contributed by atoms with Crippen molar-refractivity contribution in [1.29, 1.82) is 0 Å². The molecule has 1 amide bonds. The van der Waals surface area contributed by atoms with Gasteiger partial charge in [-0.15, -0.1) is 0 Å². The molecule has 1 atom stereocenters. The first-order valence-electron chi connectivity index (χ1n) is 7.46. The lowest BCUT2D eigenvalue weighted by atomic mass is 9.87. The second-order valence-electron chi connectivity index (χ2n) is 6.71. The Morgan fingerprint density at radius 2 is 1.95 bits per heavy atom. The van der Waals surface area contributed by atoms with Crippen molar-refractivity contribution in [2.45, 2.75) is 58.2 Å². The van der Waals surface area contributed by atoms with E-state index in [1.54, 1.807) is 4.90 Å². The number of rotatable bonds is 1. The number of ketones is 1. The van der Waals surface area contributed by atoms with Crippen LogP contribution in [0.4, 0.5) is 4.79 Å². The van der Waals surface area contributed by atoms with Crippen molar-refractivity contribution in [3.63, 3.8) is 0 Å². The average Bonchev–Trinajstić information content (AvgIpc) is 2.37. The van der Waals surface area contributed by atoms with Crippen LogP contribution < -0.4 is 0 Å². The standard InChI is InChI=1S/C15H25NO4/c1-15(2,3)20-14(18)16-7-4-11(5-8-16)13-10-12(17)6-9-19-13/h11,13H,4-10H2,1-3H3/t13-/m0/s1. The minimum Gasteiger partial charge on any atom is -0.444 e. The number of carbonyl (C=O) groups excluding carboxylic acids is 2. The molecule has 0 unspecified atom stereocenters. The fourth-order valence-corrected chi connectivity index (χ4v) is 2.79. The van der Waals surface area contributed by atoms with E-state index in [9.17, 15) is 9.59 Å². The van der Waals surface area contributed by atoms with Crippen LogP contribution in [0, 0.1) is 5.92 Å². The molecule has 0 N–H and O–H groups in total. The number of piperidine rings is 1. The Kier molecular flexibility index (Phi) is 4.68. The molecule has 0 spiro atoms. The maximum atomic E-state index is 12.0. The Hall–Kier alpha value is -1.10. The van der Waals surface area contributed by atoms with Crippen LogP contribution in [0.5, 0.6) is 0 Å². The van der Waals surface area contributed by atoms with Crippen LogP contribution in [0.25, 0.3) is 0 Å². The van der Waals surface area contributed by atoms with Gasteiger partial charge in [-0.1, -0.05) is 0 Å². The molecule has 5 nitrogen and oxygen atoms in total. The number of ether oxygens (including phenoxy) is 2. The van der Waals surface area contributed by atoms with Crippen molar-refractivity contribution in [3.8, 4) is 0 Å². The van der Waals surface area contributed by atoms with Crippen molar-refractivity contribution in [2.75, 3.05) is 19.7 Å². The highest BCUT2D eigenvalue weighted by Crippen LogP contribution is 2.28. The minimum absolute atomic E-state index is 0.0528. The quantitative estimate of drug-likeness (QED) is 0.741. The SMILES string of the molecule is CC(C)(C)OC(=O)N1CCC([C@@H]2CC(=O)CCO2)CC1. The first-order chi connectivity index (χ1) is 9.35. The summed E-state index contributed by atoms with van der Waals surface area (Å²) in [5.41, 5.74) is -0.452. The molecule has 2 saturated heterocycles. The molecular formula is C15H25NO4. The van der Waals surface area contributed by atoms with Gasteiger partial charge in [0.15, 0.2) is 0 Å². The Balaban J connectivity index is 1.80. The van der Waals surface area contributed by atoms with Gasteiger partial charge in [0.2, 0.25) is 0 Å². The Morgan fingerprint density at radius 1 is 1.30 bits per heavy atom. The Morgan fingerprint density at radius 3 is 2.50 bits per heavy atom. The topological polar surface area (TPSA) is 55.8 Å². The van der Waals surface area contributed by atoms with Gasteiger partial charge in [-0.05, 0) is 39.5 Å². The summed E-state index contributed by atoms with van der Waals surface area (Å²) in [6.07, 6.45) is 2.67. The van der Waals surface area contributed by atoms with E-state index in [0.29, 0.717) is 44.2 Å². The van der Waals surface area contributed by atoms with Gasteiger partial charge in [-0.2, -0.15) is 0 Å². The monoisotopic (exact) mass is 283 g/mol. The van der Waals surface area contributed by atoms with Gasteiger partial charge in [0.1, 0.15) is 11.4 Å². The van der Waals surface area contributed by atoms with Crippen LogP contribution in [0.3, 0.4) is 0 Å². The van der Waals surface area contributed by atoms with Gasteiger partial charge < -0.3 is 14.4 Å². The summed E-state index contributed by atoms with van der Waals surface area (Å²) in [5, 5.41) is 0. The Bertz CT molecular complexity index is 367. The predicted molar refractivity (Wildman–Crippen MR) is 74.5 cm³/mol. The van der Waals surface area contributed by atoms with Crippen molar-refractivity contribution in [3.05, 3.63) is 0 Å². The fourth-order valence-electron chi connectivity index (χ4n) is 2.79. The summed E-state index contributed by atoms with van der Waals surface area (Å²) in [6, 6.07) is 0. The molecular weight excluding hydrogens is 258 g/mol. The van der Waals surface area contributed by atoms with E-state index in [1.807, 2.05) is 20.8 Å². The molecule has 5 heteroatoms. The zero-order chi connectivity index (χ0) is 14.8. The number of nitrogens with zero attached hydrogens (tertiary/aromatic N) is 1. The highest BCUT2D eigenvalue weighted by atomic mass is 16.6. The van der Waals surface area contributed by atoms with E-state index in [0.717, 1.165) is 12.8 Å².